The van der Waals surface area contributed by atoms with Gasteiger partial charge >= 0.3 is 5.91 Å². The van der Waals surface area contributed by atoms with E-state index in [9.17, 15) is 24.8 Å². The molecule has 0 saturated carbocycles. The maximum Gasteiger partial charge on any atom is 0.301 e. The molecular weight excluding hydrogens is 522 g/mol. The molecule has 3 heterocycles. The number of anilines is 1. The fraction of sp³-hybridized carbons (Fsp3) is 0.179. The van der Waals surface area contributed by atoms with Crippen molar-refractivity contribution < 1.29 is 29.1 Å². The molecule has 1 fully saturated rings. The van der Waals surface area contributed by atoms with Crippen LogP contribution in [0.4, 0.5) is 10.8 Å². The summed E-state index contributed by atoms with van der Waals surface area (Å²) in [6, 6.07) is 13.1. The number of fused-ring (bicyclic) bond motifs is 2. The van der Waals surface area contributed by atoms with Gasteiger partial charge in [0.15, 0.2) is 16.6 Å². The number of rotatable bonds is 4. The Hall–Kier alpha value is -4.77. The van der Waals surface area contributed by atoms with Crippen LogP contribution >= 0.6 is 11.3 Å². The van der Waals surface area contributed by atoms with Crippen molar-refractivity contribution >= 4 is 49.8 Å². The number of amides is 1. The summed E-state index contributed by atoms with van der Waals surface area (Å²) in [5.74, 6) is -1.36. The standard InChI is InChI=1S/C28H21N3O7S/c1-14-10-15(2)23-21(11-14)39-28(29-23)30-24(16-4-3-5-18(12-16)31(35)36)22(26(33)27(30)34)25(32)17-6-7-19-20(13-17)38-9-8-37-19/h3-7,10-13,24,32H,8-9H2,1-2H3/b25-22-. The van der Waals surface area contributed by atoms with E-state index < -0.39 is 28.4 Å². The molecule has 0 spiro atoms. The molecule has 4 aromatic rings. The Bertz CT molecular complexity index is 1740. The SMILES string of the molecule is Cc1cc(C)c2nc(N3C(=O)C(=O)/C(=C(\O)c4ccc5c(c4)OCCO5)C3c3cccc([N+](=O)[O-])c3)sc2c1. The highest BCUT2D eigenvalue weighted by Crippen LogP contribution is 2.46. The molecule has 39 heavy (non-hydrogen) atoms. The summed E-state index contributed by atoms with van der Waals surface area (Å²) in [6.07, 6.45) is 0. The molecule has 0 bridgehead atoms. The van der Waals surface area contributed by atoms with E-state index in [0.717, 1.165) is 15.8 Å². The van der Waals surface area contributed by atoms with Crippen molar-refractivity contribution in [1.29, 1.82) is 0 Å². The Labute approximate surface area is 225 Å². The molecule has 0 aliphatic carbocycles. The fourth-order valence-corrected chi connectivity index (χ4v) is 6.13. The monoisotopic (exact) mass is 543 g/mol. The number of non-ortho nitro benzene ring substituents is 1. The molecule has 196 valence electrons. The van der Waals surface area contributed by atoms with Gasteiger partial charge in [-0.1, -0.05) is 29.5 Å². The van der Waals surface area contributed by atoms with E-state index in [-0.39, 0.29) is 27.5 Å². The minimum Gasteiger partial charge on any atom is -0.507 e. The van der Waals surface area contributed by atoms with Gasteiger partial charge in [0.1, 0.15) is 19.0 Å². The zero-order valence-electron chi connectivity index (χ0n) is 20.8. The van der Waals surface area contributed by atoms with Gasteiger partial charge in [-0.3, -0.25) is 24.6 Å². The number of thiazole rings is 1. The Balaban J connectivity index is 1.57. The number of nitro benzene ring substituents is 1. The average Bonchev–Trinajstić information content (AvgIpc) is 3.46. The highest BCUT2D eigenvalue weighted by molar-refractivity contribution is 7.22. The van der Waals surface area contributed by atoms with Gasteiger partial charge in [-0.25, -0.2) is 4.98 Å². The highest BCUT2D eigenvalue weighted by atomic mass is 32.1. The van der Waals surface area contributed by atoms with Gasteiger partial charge in [0.2, 0.25) is 0 Å². The number of aryl methyl sites for hydroxylation is 2. The van der Waals surface area contributed by atoms with E-state index >= 15 is 0 Å². The number of aromatic nitrogens is 1. The molecule has 1 unspecified atom stereocenters. The molecule has 2 aliphatic rings. The number of ether oxygens (including phenoxy) is 2. The third-order valence-electron chi connectivity index (χ3n) is 6.68. The first-order valence-corrected chi connectivity index (χ1v) is 12.9. The van der Waals surface area contributed by atoms with Gasteiger partial charge in [-0.15, -0.1) is 0 Å². The van der Waals surface area contributed by atoms with Crippen LogP contribution in [0.2, 0.25) is 0 Å². The number of aliphatic hydroxyl groups is 1. The van der Waals surface area contributed by atoms with Crippen molar-refractivity contribution in [2.75, 3.05) is 18.1 Å². The van der Waals surface area contributed by atoms with Gasteiger partial charge < -0.3 is 14.6 Å². The van der Waals surface area contributed by atoms with Gasteiger partial charge in [0.05, 0.1) is 26.8 Å². The molecule has 11 heteroatoms. The largest absolute Gasteiger partial charge is 0.507 e. The van der Waals surface area contributed by atoms with Crippen LogP contribution in [-0.2, 0) is 9.59 Å². The van der Waals surface area contributed by atoms with Crippen molar-refractivity contribution in [3.63, 3.8) is 0 Å². The average molecular weight is 544 g/mol. The molecule has 6 rings (SSSR count). The first-order chi connectivity index (χ1) is 18.7. The fourth-order valence-electron chi connectivity index (χ4n) is 4.96. The third-order valence-corrected chi connectivity index (χ3v) is 7.68. The minimum atomic E-state index is -1.15. The lowest BCUT2D eigenvalue weighted by atomic mass is 9.95. The van der Waals surface area contributed by atoms with Crippen LogP contribution in [0.15, 0.2) is 60.2 Å². The number of carbonyl (C=O) groups is 2. The van der Waals surface area contributed by atoms with E-state index in [4.69, 9.17) is 9.47 Å². The maximum atomic E-state index is 13.5. The maximum absolute atomic E-state index is 13.5. The normalized spacial score (nSPS) is 18.1. The Kier molecular flexibility index (Phi) is 5.80. The first-order valence-electron chi connectivity index (χ1n) is 12.1. The van der Waals surface area contributed by atoms with Crippen LogP contribution in [0.3, 0.4) is 0 Å². The number of carbonyl (C=O) groups excluding carboxylic acids is 2. The molecule has 10 nitrogen and oxygen atoms in total. The van der Waals surface area contributed by atoms with E-state index in [1.807, 2.05) is 26.0 Å². The molecule has 1 amide bonds. The van der Waals surface area contributed by atoms with Gasteiger partial charge in [-0.05, 0) is 54.8 Å². The van der Waals surface area contributed by atoms with Crippen molar-refractivity contribution in [3.05, 3.63) is 92.5 Å². The van der Waals surface area contributed by atoms with Crippen LogP contribution < -0.4 is 14.4 Å². The first kappa shape index (κ1) is 24.6. The summed E-state index contributed by atoms with van der Waals surface area (Å²) < 4.78 is 12.0. The Morgan fingerprint density at radius 1 is 1.08 bits per heavy atom. The quantitative estimate of drug-likeness (QED) is 0.122. The molecule has 2 aliphatic heterocycles. The second-order valence-electron chi connectivity index (χ2n) is 9.30. The van der Waals surface area contributed by atoms with E-state index in [1.165, 1.54) is 40.5 Å². The summed E-state index contributed by atoms with van der Waals surface area (Å²) in [4.78, 5) is 43.9. The molecule has 1 N–H and O–H groups in total. The van der Waals surface area contributed by atoms with E-state index in [1.54, 1.807) is 18.2 Å². The number of hydrogen-bond donors (Lipinski definition) is 1. The number of aliphatic hydroxyl groups excluding tert-OH is 1. The summed E-state index contributed by atoms with van der Waals surface area (Å²) >= 11 is 1.23. The minimum absolute atomic E-state index is 0.204. The lowest BCUT2D eigenvalue weighted by molar-refractivity contribution is -0.384. The number of benzene rings is 3. The molecule has 0 radical (unpaired) electrons. The Morgan fingerprint density at radius 3 is 2.62 bits per heavy atom. The van der Waals surface area contributed by atoms with Crippen LogP contribution in [0.25, 0.3) is 16.0 Å². The number of Topliss-reactive ketones (excluding diaryl/α,β-unsaturated/α-hetero) is 1. The summed E-state index contributed by atoms with van der Waals surface area (Å²) in [5, 5.41) is 23.3. The molecule has 3 aromatic carbocycles. The van der Waals surface area contributed by atoms with Crippen LogP contribution in [0.1, 0.15) is 28.3 Å². The highest BCUT2D eigenvalue weighted by Gasteiger charge is 2.48. The van der Waals surface area contributed by atoms with Crippen LogP contribution in [-0.4, -0.2) is 39.9 Å². The number of nitrogens with zero attached hydrogens (tertiary/aromatic N) is 3. The van der Waals surface area contributed by atoms with Crippen LogP contribution in [0.5, 0.6) is 11.5 Å². The summed E-state index contributed by atoms with van der Waals surface area (Å²) in [5.41, 5.74) is 2.72. The second-order valence-corrected chi connectivity index (χ2v) is 10.3. The summed E-state index contributed by atoms with van der Waals surface area (Å²) in [6.45, 7) is 4.57. The lowest BCUT2D eigenvalue weighted by Gasteiger charge is -2.23. The topological polar surface area (TPSA) is 132 Å². The Morgan fingerprint density at radius 2 is 1.85 bits per heavy atom. The van der Waals surface area contributed by atoms with Gasteiger partial charge in [0, 0.05) is 17.7 Å². The third kappa shape index (κ3) is 4.07. The number of ketones is 1. The molecular formula is C28H21N3O7S. The van der Waals surface area contributed by atoms with Crippen molar-refractivity contribution in [3.8, 4) is 11.5 Å². The van der Waals surface area contributed by atoms with Crippen molar-refractivity contribution in [2.24, 2.45) is 0 Å². The smallest absolute Gasteiger partial charge is 0.301 e. The number of hydrogen-bond acceptors (Lipinski definition) is 9. The second kappa shape index (κ2) is 9.21. The van der Waals surface area contributed by atoms with Gasteiger partial charge in [0.25, 0.3) is 11.5 Å². The van der Waals surface area contributed by atoms with E-state index in [0.29, 0.717) is 30.2 Å². The van der Waals surface area contributed by atoms with E-state index in [2.05, 4.69) is 4.98 Å². The molecule has 1 aromatic heterocycles. The predicted molar refractivity (Wildman–Crippen MR) is 144 cm³/mol. The van der Waals surface area contributed by atoms with Crippen molar-refractivity contribution in [2.45, 2.75) is 19.9 Å². The van der Waals surface area contributed by atoms with Gasteiger partial charge in [-0.2, -0.15) is 0 Å². The van der Waals surface area contributed by atoms with Crippen molar-refractivity contribution in [1.82, 2.24) is 4.98 Å². The molecule has 1 atom stereocenters. The lowest BCUT2D eigenvalue weighted by Crippen LogP contribution is -2.29. The number of nitro groups is 1. The van der Waals surface area contributed by atoms with Crippen LogP contribution in [0, 0.1) is 24.0 Å². The predicted octanol–water partition coefficient (Wildman–Crippen LogP) is 5.22. The zero-order valence-corrected chi connectivity index (χ0v) is 21.7. The molecule has 1 saturated heterocycles. The summed E-state index contributed by atoms with van der Waals surface area (Å²) in [7, 11) is 0. The zero-order chi connectivity index (χ0) is 27.4.